The third-order valence-corrected chi connectivity index (χ3v) is 12.4. The van der Waals surface area contributed by atoms with E-state index in [-0.39, 0.29) is 0 Å². The first kappa shape index (κ1) is 35.7. The van der Waals surface area contributed by atoms with Crippen molar-refractivity contribution in [2.45, 2.75) is 0 Å². The van der Waals surface area contributed by atoms with E-state index in [4.69, 9.17) is 4.42 Å². The van der Waals surface area contributed by atoms with Gasteiger partial charge < -0.3 is 9.32 Å². The van der Waals surface area contributed by atoms with Crippen LogP contribution >= 0.6 is 0 Å². The first-order valence-electron chi connectivity index (χ1n) is 21.3. The van der Waals surface area contributed by atoms with Crippen molar-refractivity contribution in [3.8, 4) is 44.5 Å². The van der Waals surface area contributed by atoms with Crippen LogP contribution < -0.4 is 4.90 Å². The number of rotatable bonds is 7. The lowest BCUT2D eigenvalue weighted by Crippen LogP contribution is -2.10. The molecular formula is C60H39NO. The van der Waals surface area contributed by atoms with E-state index in [1.54, 1.807) is 0 Å². The van der Waals surface area contributed by atoms with Gasteiger partial charge in [-0.05, 0) is 114 Å². The van der Waals surface area contributed by atoms with Crippen molar-refractivity contribution >= 4 is 71.3 Å². The predicted molar refractivity (Wildman–Crippen MR) is 263 cm³/mol. The van der Waals surface area contributed by atoms with Gasteiger partial charge in [0.1, 0.15) is 11.2 Å². The summed E-state index contributed by atoms with van der Waals surface area (Å²) >= 11 is 0. The minimum absolute atomic E-state index is 0.858. The molecule has 0 fully saturated rings. The zero-order valence-corrected chi connectivity index (χ0v) is 33.9. The Kier molecular flexibility index (Phi) is 8.53. The Morgan fingerprint density at radius 2 is 0.790 bits per heavy atom. The summed E-state index contributed by atoms with van der Waals surface area (Å²) in [5, 5.41) is 9.42. The summed E-state index contributed by atoms with van der Waals surface area (Å²) in [7, 11) is 0. The van der Waals surface area contributed by atoms with Crippen LogP contribution in [0.25, 0.3) is 98.8 Å². The molecule has 0 bridgehead atoms. The van der Waals surface area contributed by atoms with Gasteiger partial charge in [0.25, 0.3) is 0 Å². The van der Waals surface area contributed by atoms with Gasteiger partial charge >= 0.3 is 0 Å². The molecule has 0 atom stereocenters. The molecule has 11 aromatic carbocycles. The molecule has 0 amide bonds. The Labute approximate surface area is 360 Å². The zero-order chi connectivity index (χ0) is 41.0. The van der Waals surface area contributed by atoms with Crippen LogP contribution in [0, 0.1) is 0 Å². The molecule has 2 heteroatoms. The average molecular weight is 790 g/mol. The van der Waals surface area contributed by atoms with Crippen LogP contribution in [0.2, 0.25) is 0 Å². The van der Waals surface area contributed by atoms with Crippen molar-refractivity contribution in [2.75, 3.05) is 4.90 Å². The summed E-state index contributed by atoms with van der Waals surface area (Å²) in [6, 6.07) is 85.4. The number of hydrogen-bond acceptors (Lipinski definition) is 2. The van der Waals surface area contributed by atoms with Crippen molar-refractivity contribution in [3.63, 3.8) is 0 Å². The Balaban J connectivity index is 1.07. The SMILES string of the molecule is c1ccc(-c2ccc(-c3ccc(N(c4cccc(-c5c(-c6ccccc6)c6ccccc6c6ccccc56)c4)c4cccc5oc6c7ccccc7ccc6c45)cc3)cc2)cc1. The summed E-state index contributed by atoms with van der Waals surface area (Å²) < 4.78 is 6.77. The maximum atomic E-state index is 6.77. The lowest BCUT2D eigenvalue weighted by molar-refractivity contribution is 0.672. The van der Waals surface area contributed by atoms with Crippen molar-refractivity contribution < 1.29 is 4.42 Å². The molecule has 0 N–H and O–H groups in total. The molecule has 0 spiro atoms. The Bertz CT molecular complexity index is 3610. The van der Waals surface area contributed by atoms with Crippen LogP contribution in [0.5, 0.6) is 0 Å². The molecule has 0 saturated heterocycles. The molecule has 2 nitrogen and oxygen atoms in total. The van der Waals surface area contributed by atoms with Gasteiger partial charge in [-0.15, -0.1) is 0 Å². The fourth-order valence-corrected chi connectivity index (χ4v) is 9.58. The van der Waals surface area contributed by atoms with Gasteiger partial charge in [0.15, 0.2) is 0 Å². The molecule has 0 aliphatic rings. The van der Waals surface area contributed by atoms with Crippen LogP contribution in [0.15, 0.2) is 241 Å². The molecule has 12 rings (SSSR count). The topological polar surface area (TPSA) is 16.4 Å². The fourth-order valence-electron chi connectivity index (χ4n) is 9.58. The smallest absolute Gasteiger partial charge is 0.143 e. The fraction of sp³-hybridized carbons (Fsp3) is 0. The van der Waals surface area contributed by atoms with Gasteiger partial charge in [-0.2, -0.15) is 0 Å². The Morgan fingerprint density at radius 1 is 0.290 bits per heavy atom. The van der Waals surface area contributed by atoms with Crippen LogP contribution in [0.1, 0.15) is 0 Å². The van der Waals surface area contributed by atoms with E-state index in [0.29, 0.717) is 0 Å². The van der Waals surface area contributed by atoms with Crippen molar-refractivity contribution in [3.05, 3.63) is 237 Å². The molecule has 0 saturated carbocycles. The van der Waals surface area contributed by atoms with Gasteiger partial charge in [-0.1, -0.05) is 194 Å². The molecule has 62 heavy (non-hydrogen) atoms. The van der Waals surface area contributed by atoms with Crippen molar-refractivity contribution in [2.24, 2.45) is 0 Å². The normalized spacial score (nSPS) is 11.5. The third kappa shape index (κ3) is 5.96. The van der Waals surface area contributed by atoms with Gasteiger partial charge in [0.2, 0.25) is 0 Å². The van der Waals surface area contributed by atoms with Crippen molar-refractivity contribution in [1.82, 2.24) is 0 Å². The number of fused-ring (bicyclic) bond motifs is 8. The first-order valence-corrected chi connectivity index (χ1v) is 21.3. The summed E-state index contributed by atoms with van der Waals surface area (Å²) in [6.07, 6.45) is 0. The maximum absolute atomic E-state index is 6.77. The van der Waals surface area contributed by atoms with Gasteiger partial charge in [-0.3, -0.25) is 0 Å². The molecule has 290 valence electrons. The van der Waals surface area contributed by atoms with Gasteiger partial charge in [0.05, 0.1) is 11.1 Å². The highest BCUT2D eigenvalue weighted by molar-refractivity contribution is 6.22. The van der Waals surface area contributed by atoms with E-state index in [1.165, 1.54) is 54.9 Å². The summed E-state index contributed by atoms with van der Waals surface area (Å²) in [5.74, 6) is 0. The quantitative estimate of drug-likeness (QED) is 0.150. The molecule has 0 radical (unpaired) electrons. The predicted octanol–water partition coefficient (Wildman–Crippen LogP) is 17.2. The summed E-state index contributed by atoms with van der Waals surface area (Å²) in [4.78, 5) is 2.41. The number of anilines is 3. The maximum Gasteiger partial charge on any atom is 0.143 e. The largest absolute Gasteiger partial charge is 0.455 e. The lowest BCUT2D eigenvalue weighted by Gasteiger charge is -2.27. The van der Waals surface area contributed by atoms with E-state index < -0.39 is 0 Å². The zero-order valence-electron chi connectivity index (χ0n) is 33.9. The molecule has 1 heterocycles. The summed E-state index contributed by atoms with van der Waals surface area (Å²) in [5.41, 5.74) is 14.5. The van der Waals surface area contributed by atoms with Crippen LogP contribution in [0.4, 0.5) is 17.1 Å². The second-order valence-corrected chi connectivity index (χ2v) is 16.0. The number of benzene rings is 11. The Morgan fingerprint density at radius 3 is 1.45 bits per heavy atom. The number of furan rings is 1. The van der Waals surface area contributed by atoms with E-state index >= 15 is 0 Å². The lowest BCUT2D eigenvalue weighted by atomic mass is 9.85. The minimum atomic E-state index is 0.858. The standard InChI is InChI=1S/C60H39NO/c1-3-15-40(16-4-1)41-29-31-42(32-30-41)43-33-36-47(37-34-43)61(55-27-14-28-56-59(55)54-38-35-44-17-7-8-22-49(44)60(54)62-56)48-21-13-20-46(39-48)58-53-26-12-10-24-51(53)50-23-9-11-25-52(50)57(58)45-18-5-2-6-19-45/h1-39H. The van der Waals surface area contributed by atoms with Crippen molar-refractivity contribution in [1.29, 1.82) is 0 Å². The highest BCUT2D eigenvalue weighted by Gasteiger charge is 2.23. The van der Waals surface area contributed by atoms with Crippen LogP contribution in [-0.4, -0.2) is 0 Å². The molecule has 0 aliphatic heterocycles. The highest BCUT2D eigenvalue weighted by Crippen LogP contribution is 2.48. The van der Waals surface area contributed by atoms with Crippen LogP contribution in [-0.2, 0) is 0 Å². The molecular weight excluding hydrogens is 751 g/mol. The molecule has 0 unspecified atom stereocenters. The van der Waals surface area contributed by atoms with E-state index in [9.17, 15) is 0 Å². The summed E-state index contributed by atoms with van der Waals surface area (Å²) in [6.45, 7) is 0. The van der Waals surface area contributed by atoms with E-state index in [2.05, 4.69) is 241 Å². The Hall–Kier alpha value is -8.20. The van der Waals surface area contributed by atoms with E-state index in [1.807, 2.05) is 0 Å². The molecule has 1 aromatic heterocycles. The monoisotopic (exact) mass is 789 g/mol. The highest BCUT2D eigenvalue weighted by atomic mass is 16.3. The second kappa shape index (κ2) is 14.8. The first-order chi connectivity index (χ1) is 30.8. The van der Waals surface area contributed by atoms with Gasteiger partial charge in [0, 0.05) is 22.1 Å². The average Bonchev–Trinajstić information content (AvgIpc) is 3.75. The second-order valence-electron chi connectivity index (χ2n) is 16.0. The third-order valence-electron chi connectivity index (χ3n) is 12.4. The molecule has 0 aliphatic carbocycles. The minimum Gasteiger partial charge on any atom is -0.455 e. The van der Waals surface area contributed by atoms with E-state index in [0.717, 1.165) is 60.9 Å². The number of nitrogens with zero attached hydrogens (tertiary/aromatic N) is 1. The van der Waals surface area contributed by atoms with Crippen LogP contribution in [0.3, 0.4) is 0 Å². The number of hydrogen-bond donors (Lipinski definition) is 0. The molecule has 12 aromatic rings. The van der Waals surface area contributed by atoms with Gasteiger partial charge in [-0.25, -0.2) is 0 Å².